The molecule has 0 saturated heterocycles. The second kappa shape index (κ2) is 42.0. The van der Waals surface area contributed by atoms with Crippen molar-refractivity contribution in [2.45, 2.75) is 219 Å². The molecule has 8 nitrogen and oxygen atoms in total. The molecule has 0 saturated carbocycles. The average molecular weight is 830 g/mol. The van der Waals surface area contributed by atoms with Crippen LogP contribution in [0.5, 0.6) is 0 Å². The number of carboxylic acids is 1. The first kappa shape index (κ1) is 56.3. The van der Waals surface area contributed by atoms with Crippen LogP contribution in [0.2, 0.25) is 0 Å². The second-order valence-electron chi connectivity index (χ2n) is 17.3. The Balaban J connectivity index is 4.28. The maximum atomic E-state index is 12.7. The van der Waals surface area contributed by atoms with Gasteiger partial charge in [-0.25, -0.2) is 0 Å². The Hall–Kier alpha value is -2.71. The van der Waals surface area contributed by atoms with Gasteiger partial charge < -0.3 is 28.6 Å². The fourth-order valence-corrected chi connectivity index (χ4v) is 7.00. The van der Waals surface area contributed by atoms with Crippen molar-refractivity contribution in [2.75, 3.05) is 41.0 Å². The number of ether oxygens (including phenoxy) is 3. The van der Waals surface area contributed by atoms with Gasteiger partial charge in [-0.3, -0.25) is 9.59 Å². The highest BCUT2D eigenvalue weighted by Crippen LogP contribution is 2.15. The number of hydrogen-bond donors (Lipinski definition) is 0. The minimum atomic E-state index is -1.13. The first-order valence-electron chi connectivity index (χ1n) is 24.2. The van der Waals surface area contributed by atoms with Crippen molar-refractivity contribution in [3.63, 3.8) is 0 Å². The number of carboxylic acid groups (broad SMARTS) is 1. The predicted molar refractivity (Wildman–Crippen MR) is 245 cm³/mol. The van der Waals surface area contributed by atoms with E-state index in [9.17, 15) is 19.5 Å². The first-order chi connectivity index (χ1) is 28.6. The number of hydrogen-bond acceptors (Lipinski definition) is 7. The lowest BCUT2D eigenvalue weighted by atomic mass is 10.0. The Bertz CT molecular complexity index is 1110. The van der Waals surface area contributed by atoms with Gasteiger partial charge in [0.05, 0.1) is 40.3 Å². The van der Waals surface area contributed by atoms with Gasteiger partial charge in [-0.1, -0.05) is 184 Å². The van der Waals surface area contributed by atoms with Crippen molar-refractivity contribution < 1.29 is 38.2 Å². The van der Waals surface area contributed by atoms with E-state index in [0.717, 1.165) is 70.6 Å². The SMILES string of the molecule is CC/C=C/C/C=C/C/C=C/C/C=C/CCCCCCCCCC(=O)OCC(COCCC(C(=O)[O-])[N+](C)(C)C)OC(=O)CCCCCCCCCCCCCCCCC. The van der Waals surface area contributed by atoms with Gasteiger partial charge in [-0.05, 0) is 51.4 Å². The highest BCUT2D eigenvalue weighted by molar-refractivity contribution is 5.70. The molecular weight excluding hydrogens is 739 g/mol. The molecule has 0 aliphatic carbocycles. The van der Waals surface area contributed by atoms with E-state index < -0.39 is 18.1 Å². The molecule has 2 atom stereocenters. The minimum absolute atomic E-state index is 0.0388. The third kappa shape index (κ3) is 40.5. The molecule has 0 heterocycles. The molecule has 0 aliphatic heterocycles. The first-order valence-corrected chi connectivity index (χ1v) is 24.2. The summed E-state index contributed by atoms with van der Waals surface area (Å²) in [5.74, 6) is -1.74. The van der Waals surface area contributed by atoms with Gasteiger partial charge in [0, 0.05) is 19.3 Å². The highest BCUT2D eigenvalue weighted by atomic mass is 16.6. The Labute approximate surface area is 363 Å². The Kier molecular flexibility index (Phi) is 40.1. The van der Waals surface area contributed by atoms with Crippen LogP contribution in [0.1, 0.15) is 206 Å². The van der Waals surface area contributed by atoms with Gasteiger partial charge in [0.2, 0.25) is 0 Å². The van der Waals surface area contributed by atoms with E-state index in [4.69, 9.17) is 14.2 Å². The number of rotatable bonds is 43. The summed E-state index contributed by atoms with van der Waals surface area (Å²) in [6.45, 7) is 4.56. The lowest BCUT2D eigenvalue weighted by molar-refractivity contribution is -0.889. The van der Waals surface area contributed by atoms with Crippen LogP contribution in [0, 0.1) is 0 Å². The van der Waals surface area contributed by atoms with Crippen LogP contribution in [0.25, 0.3) is 0 Å². The molecular formula is C51H91NO7. The fourth-order valence-electron chi connectivity index (χ4n) is 7.00. The number of aliphatic carboxylic acids is 1. The van der Waals surface area contributed by atoms with Crippen molar-refractivity contribution >= 4 is 17.9 Å². The van der Waals surface area contributed by atoms with E-state index >= 15 is 0 Å². The summed E-state index contributed by atoms with van der Waals surface area (Å²) in [6, 6.07) is -0.727. The van der Waals surface area contributed by atoms with Crippen molar-refractivity contribution in [3.8, 4) is 0 Å². The topological polar surface area (TPSA) is 102 Å². The molecule has 2 unspecified atom stereocenters. The summed E-state index contributed by atoms with van der Waals surface area (Å²) in [6.07, 6.45) is 49.9. The lowest BCUT2D eigenvalue weighted by Gasteiger charge is -2.34. The highest BCUT2D eigenvalue weighted by Gasteiger charge is 2.25. The Morgan fingerprint density at radius 2 is 0.949 bits per heavy atom. The number of unbranched alkanes of at least 4 members (excludes halogenated alkanes) is 21. The molecule has 0 rings (SSSR count). The summed E-state index contributed by atoms with van der Waals surface area (Å²) in [5, 5.41) is 11.6. The molecule has 0 aliphatic rings. The van der Waals surface area contributed by atoms with Gasteiger partial charge in [0.15, 0.2) is 6.10 Å². The van der Waals surface area contributed by atoms with Gasteiger partial charge in [-0.15, -0.1) is 0 Å². The number of carbonyl (C=O) groups is 3. The minimum Gasteiger partial charge on any atom is -0.544 e. The van der Waals surface area contributed by atoms with E-state index in [1.165, 1.54) is 103 Å². The van der Waals surface area contributed by atoms with E-state index in [1.54, 1.807) is 21.1 Å². The summed E-state index contributed by atoms with van der Waals surface area (Å²) in [7, 11) is 5.41. The average Bonchev–Trinajstić information content (AvgIpc) is 3.19. The number of quaternary nitrogens is 1. The van der Waals surface area contributed by atoms with Crippen molar-refractivity contribution in [1.82, 2.24) is 0 Å². The number of esters is 2. The smallest absolute Gasteiger partial charge is 0.306 e. The summed E-state index contributed by atoms with van der Waals surface area (Å²) in [5.41, 5.74) is 0. The van der Waals surface area contributed by atoms with Gasteiger partial charge in [-0.2, -0.15) is 0 Å². The van der Waals surface area contributed by atoms with Crippen LogP contribution in [0.15, 0.2) is 48.6 Å². The van der Waals surface area contributed by atoms with Gasteiger partial charge >= 0.3 is 11.9 Å². The van der Waals surface area contributed by atoms with E-state index in [-0.39, 0.29) is 42.7 Å². The number of nitrogens with zero attached hydrogens (tertiary/aromatic N) is 1. The fraction of sp³-hybridized carbons (Fsp3) is 0.784. The quantitative estimate of drug-likeness (QED) is 0.0261. The number of carbonyl (C=O) groups excluding carboxylic acids is 3. The molecule has 0 N–H and O–H groups in total. The van der Waals surface area contributed by atoms with E-state index in [1.807, 2.05) is 0 Å². The molecule has 0 spiro atoms. The molecule has 342 valence electrons. The van der Waals surface area contributed by atoms with E-state index in [2.05, 4.69) is 62.5 Å². The van der Waals surface area contributed by atoms with Crippen molar-refractivity contribution in [1.29, 1.82) is 0 Å². The molecule has 0 amide bonds. The number of allylic oxidation sites excluding steroid dienone is 8. The van der Waals surface area contributed by atoms with Crippen LogP contribution in [0.4, 0.5) is 0 Å². The lowest BCUT2D eigenvalue weighted by Crippen LogP contribution is -2.55. The summed E-state index contributed by atoms with van der Waals surface area (Å²) < 4.78 is 17.2. The summed E-state index contributed by atoms with van der Waals surface area (Å²) in [4.78, 5) is 37.0. The third-order valence-electron chi connectivity index (χ3n) is 10.7. The molecule has 0 radical (unpaired) electrons. The largest absolute Gasteiger partial charge is 0.544 e. The molecule has 0 aromatic heterocycles. The zero-order chi connectivity index (χ0) is 43.5. The molecule has 0 aromatic rings. The number of likely N-dealkylation sites (N-methyl/N-ethyl adjacent to an activating group) is 1. The van der Waals surface area contributed by atoms with E-state index in [0.29, 0.717) is 12.8 Å². The summed E-state index contributed by atoms with van der Waals surface area (Å²) >= 11 is 0. The predicted octanol–water partition coefficient (Wildman–Crippen LogP) is 12.3. The Morgan fingerprint density at radius 1 is 0.525 bits per heavy atom. The van der Waals surface area contributed by atoms with Gasteiger partial charge in [0.1, 0.15) is 12.6 Å². The van der Waals surface area contributed by atoms with Crippen LogP contribution >= 0.6 is 0 Å². The van der Waals surface area contributed by atoms with Crippen LogP contribution in [-0.4, -0.2) is 75.5 Å². The zero-order valence-corrected chi connectivity index (χ0v) is 38.9. The maximum absolute atomic E-state index is 12.7. The molecule has 0 bridgehead atoms. The Morgan fingerprint density at radius 3 is 1.41 bits per heavy atom. The second-order valence-corrected chi connectivity index (χ2v) is 17.3. The molecule has 8 heteroatoms. The van der Waals surface area contributed by atoms with Crippen LogP contribution in [-0.2, 0) is 28.6 Å². The monoisotopic (exact) mass is 830 g/mol. The van der Waals surface area contributed by atoms with Crippen molar-refractivity contribution in [3.05, 3.63) is 48.6 Å². The van der Waals surface area contributed by atoms with Crippen molar-refractivity contribution in [2.24, 2.45) is 0 Å². The normalized spacial score (nSPS) is 13.3. The third-order valence-corrected chi connectivity index (χ3v) is 10.7. The molecule has 0 fully saturated rings. The van der Waals surface area contributed by atoms with Gasteiger partial charge in [0.25, 0.3) is 0 Å². The van der Waals surface area contributed by atoms with Crippen LogP contribution < -0.4 is 5.11 Å². The van der Waals surface area contributed by atoms with Crippen LogP contribution in [0.3, 0.4) is 0 Å². The molecule has 0 aromatic carbocycles. The standard InChI is InChI=1S/C51H91NO7/c1-6-8-10-12-14-16-18-20-22-23-24-25-26-28-29-31-33-35-37-39-41-49(53)58-46-47(45-57-44-43-48(51(55)56)52(3,4)5)59-50(54)42-40-38-36-34-32-30-27-21-19-17-15-13-11-9-7-2/h8,10,14,16,20,22,24-25,47-48H,6-7,9,11-13,15,17-19,21,23,26-46H2,1-5H3/b10-8+,16-14+,22-20+,25-24+. The molecule has 59 heavy (non-hydrogen) atoms. The maximum Gasteiger partial charge on any atom is 0.306 e. The zero-order valence-electron chi connectivity index (χ0n) is 38.9.